The first-order valence-electron chi connectivity index (χ1n) is 7.75. The fraction of sp³-hybridized carbons (Fsp3) is 0.500. The zero-order valence-electron chi connectivity index (χ0n) is 13.2. The standard InChI is InChI=1S/C16H19F2N3O3/c1-24-13-4-3-11(14(17)15(13)18)12-9-21(20-19-12)8-10(22)7-16(23)5-2-6-16/h3-4,9-10,22-23H,2,5-8H2,1H3. The third kappa shape index (κ3) is 3.25. The molecule has 1 aromatic carbocycles. The first kappa shape index (κ1) is 16.8. The predicted octanol–water partition coefficient (Wildman–Crippen LogP) is 1.90. The molecule has 0 amide bonds. The van der Waals surface area contributed by atoms with Gasteiger partial charge in [-0.2, -0.15) is 4.39 Å². The van der Waals surface area contributed by atoms with Crippen molar-refractivity contribution in [3.05, 3.63) is 30.0 Å². The first-order valence-corrected chi connectivity index (χ1v) is 7.75. The maximum absolute atomic E-state index is 14.1. The lowest BCUT2D eigenvalue weighted by Gasteiger charge is -2.38. The number of hydrogen-bond donors (Lipinski definition) is 2. The highest BCUT2D eigenvalue weighted by Crippen LogP contribution is 2.35. The van der Waals surface area contributed by atoms with Crippen LogP contribution >= 0.6 is 0 Å². The second kappa shape index (κ2) is 6.45. The molecule has 2 aromatic rings. The Hall–Kier alpha value is -2.06. The normalized spacial score (nSPS) is 17.4. The molecule has 1 heterocycles. The Bertz CT molecular complexity index is 731. The van der Waals surface area contributed by atoms with E-state index in [9.17, 15) is 19.0 Å². The van der Waals surface area contributed by atoms with Crippen molar-refractivity contribution in [2.75, 3.05) is 7.11 Å². The van der Waals surface area contributed by atoms with Crippen molar-refractivity contribution >= 4 is 0 Å². The quantitative estimate of drug-likeness (QED) is 0.840. The average molecular weight is 339 g/mol. The SMILES string of the molecule is COc1ccc(-c2cn(CC(O)CC3(O)CCC3)nn2)c(F)c1F. The van der Waals surface area contributed by atoms with Crippen LogP contribution in [0.5, 0.6) is 5.75 Å². The third-order valence-electron chi connectivity index (χ3n) is 4.38. The number of methoxy groups -OCH3 is 1. The van der Waals surface area contributed by atoms with E-state index < -0.39 is 23.3 Å². The number of hydrogen-bond acceptors (Lipinski definition) is 5. The van der Waals surface area contributed by atoms with Gasteiger partial charge in [0.2, 0.25) is 5.82 Å². The second-order valence-corrected chi connectivity index (χ2v) is 6.21. The monoisotopic (exact) mass is 339 g/mol. The molecule has 2 N–H and O–H groups in total. The number of aromatic nitrogens is 3. The summed E-state index contributed by atoms with van der Waals surface area (Å²) in [6, 6.07) is 2.67. The van der Waals surface area contributed by atoms with Gasteiger partial charge in [0.15, 0.2) is 11.6 Å². The van der Waals surface area contributed by atoms with E-state index in [2.05, 4.69) is 10.3 Å². The summed E-state index contributed by atoms with van der Waals surface area (Å²) < 4.78 is 33.9. The molecular weight excluding hydrogens is 320 g/mol. The summed E-state index contributed by atoms with van der Waals surface area (Å²) in [7, 11) is 1.26. The van der Waals surface area contributed by atoms with E-state index >= 15 is 0 Å². The van der Waals surface area contributed by atoms with Crippen molar-refractivity contribution in [3.8, 4) is 17.0 Å². The minimum atomic E-state index is -1.09. The van der Waals surface area contributed by atoms with Crippen molar-refractivity contribution in [2.24, 2.45) is 0 Å². The Kier molecular flexibility index (Phi) is 4.51. The van der Waals surface area contributed by atoms with Gasteiger partial charge in [-0.25, -0.2) is 9.07 Å². The number of aliphatic hydroxyl groups excluding tert-OH is 1. The molecule has 1 aliphatic carbocycles. The number of nitrogens with zero attached hydrogens (tertiary/aromatic N) is 3. The van der Waals surface area contributed by atoms with E-state index in [1.807, 2.05) is 0 Å². The van der Waals surface area contributed by atoms with Gasteiger partial charge in [-0.1, -0.05) is 5.21 Å². The number of aliphatic hydroxyl groups is 2. The molecule has 6 nitrogen and oxygen atoms in total. The lowest BCUT2D eigenvalue weighted by molar-refractivity contribution is -0.0713. The molecule has 1 aliphatic rings. The van der Waals surface area contributed by atoms with Crippen LogP contribution in [0.15, 0.2) is 18.3 Å². The van der Waals surface area contributed by atoms with Gasteiger partial charge >= 0.3 is 0 Å². The molecule has 3 rings (SSSR count). The van der Waals surface area contributed by atoms with Crippen molar-refractivity contribution in [1.29, 1.82) is 0 Å². The molecule has 0 radical (unpaired) electrons. The zero-order valence-corrected chi connectivity index (χ0v) is 13.2. The van der Waals surface area contributed by atoms with Crippen molar-refractivity contribution < 1.29 is 23.7 Å². The molecule has 0 spiro atoms. The van der Waals surface area contributed by atoms with Gasteiger partial charge in [0, 0.05) is 12.0 Å². The number of ether oxygens (including phenoxy) is 1. The van der Waals surface area contributed by atoms with E-state index in [1.54, 1.807) is 0 Å². The first-order chi connectivity index (χ1) is 11.4. The molecule has 1 aromatic heterocycles. The van der Waals surface area contributed by atoms with Gasteiger partial charge in [-0.3, -0.25) is 0 Å². The lowest BCUT2D eigenvalue weighted by atomic mass is 9.76. The molecule has 0 saturated heterocycles. The van der Waals surface area contributed by atoms with E-state index in [-0.39, 0.29) is 30.0 Å². The molecule has 1 saturated carbocycles. The summed E-state index contributed by atoms with van der Waals surface area (Å²) in [6.45, 7) is 0.121. The largest absolute Gasteiger partial charge is 0.494 e. The fourth-order valence-corrected chi connectivity index (χ4v) is 2.91. The Balaban J connectivity index is 1.72. The number of rotatable bonds is 6. The summed E-state index contributed by atoms with van der Waals surface area (Å²) >= 11 is 0. The third-order valence-corrected chi connectivity index (χ3v) is 4.38. The van der Waals surface area contributed by atoms with E-state index in [0.29, 0.717) is 12.8 Å². The summed E-state index contributed by atoms with van der Waals surface area (Å²) in [6.07, 6.45) is 3.22. The van der Waals surface area contributed by atoms with E-state index in [1.165, 1.54) is 30.1 Å². The van der Waals surface area contributed by atoms with Crippen LogP contribution in [0.2, 0.25) is 0 Å². The van der Waals surface area contributed by atoms with Crippen LogP contribution in [0.25, 0.3) is 11.3 Å². The maximum Gasteiger partial charge on any atom is 0.201 e. The molecule has 1 atom stereocenters. The minimum Gasteiger partial charge on any atom is -0.494 e. The molecular formula is C16H19F2N3O3. The van der Waals surface area contributed by atoms with Crippen LogP contribution in [0.4, 0.5) is 8.78 Å². The number of benzene rings is 1. The van der Waals surface area contributed by atoms with Crippen molar-refractivity contribution in [1.82, 2.24) is 15.0 Å². The summed E-state index contributed by atoms with van der Waals surface area (Å²) in [5.41, 5.74) is -0.677. The second-order valence-electron chi connectivity index (χ2n) is 6.21. The van der Waals surface area contributed by atoms with Crippen LogP contribution in [0.1, 0.15) is 25.7 Å². The van der Waals surface area contributed by atoms with Gasteiger partial charge in [0.25, 0.3) is 0 Å². The maximum atomic E-state index is 14.1. The highest BCUT2D eigenvalue weighted by atomic mass is 19.2. The van der Waals surface area contributed by atoms with Gasteiger partial charge in [-0.15, -0.1) is 5.10 Å². The van der Waals surface area contributed by atoms with Crippen LogP contribution in [-0.2, 0) is 6.54 Å². The molecule has 24 heavy (non-hydrogen) atoms. The summed E-state index contributed by atoms with van der Waals surface area (Å²) in [4.78, 5) is 0. The average Bonchev–Trinajstić information content (AvgIpc) is 2.96. The smallest absolute Gasteiger partial charge is 0.201 e. The molecule has 0 aliphatic heterocycles. The van der Waals surface area contributed by atoms with Crippen molar-refractivity contribution in [2.45, 2.75) is 43.9 Å². The van der Waals surface area contributed by atoms with Gasteiger partial charge in [0.05, 0.1) is 31.6 Å². The topological polar surface area (TPSA) is 80.4 Å². The minimum absolute atomic E-state index is 0.0355. The van der Waals surface area contributed by atoms with Crippen LogP contribution < -0.4 is 4.74 Å². The Morgan fingerprint density at radius 3 is 2.71 bits per heavy atom. The highest BCUT2D eigenvalue weighted by Gasteiger charge is 2.36. The molecule has 0 bridgehead atoms. The van der Waals surface area contributed by atoms with Crippen LogP contribution in [0.3, 0.4) is 0 Å². The Morgan fingerprint density at radius 2 is 2.08 bits per heavy atom. The van der Waals surface area contributed by atoms with Gasteiger partial charge in [0.1, 0.15) is 5.69 Å². The molecule has 130 valence electrons. The van der Waals surface area contributed by atoms with Crippen LogP contribution in [0, 0.1) is 11.6 Å². The molecule has 1 unspecified atom stereocenters. The van der Waals surface area contributed by atoms with E-state index in [4.69, 9.17) is 4.74 Å². The van der Waals surface area contributed by atoms with Gasteiger partial charge in [-0.05, 0) is 31.4 Å². The number of halogens is 2. The Morgan fingerprint density at radius 1 is 1.33 bits per heavy atom. The Labute approximate surface area is 137 Å². The van der Waals surface area contributed by atoms with Crippen molar-refractivity contribution in [3.63, 3.8) is 0 Å². The van der Waals surface area contributed by atoms with Crippen LogP contribution in [-0.4, -0.2) is 44.0 Å². The summed E-state index contributed by atoms with van der Waals surface area (Å²) in [5.74, 6) is -2.34. The lowest BCUT2D eigenvalue weighted by Crippen LogP contribution is -2.41. The summed E-state index contributed by atoms with van der Waals surface area (Å²) in [5, 5.41) is 27.7. The van der Waals surface area contributed by atoms with E-state index in [0.717, 1.165) is 6.42 Å². The predicted molar refractivity (Wildman–Crippen MR) is 81.4 cm³/mol. The highest BCUT2D eigenvalue weighted by molar-refractivity contribution is 5.60. The van der Waals surface area contributed by atoms with Gasteiger partial charge < -0.3 is 14.9 Å². The zero-order chi connectivity index (χ0) is 17.3. The molecule has 8 heteroatoms. The molecule has 1 fully saturated rings. The fourth-order valence-electron chi connectivity index (χ4n) is 2.91.